The van der Waals surface area contributed by atoms with Gasteiger partial charge in [0.25, 0.3) is 0 Å². The molecule has 142 valence electrons. The third-order valence-electron chi connectivity index (χ3n) is 4.30. The Morgan fingerprint density at radius 1 is 0.833 bits per heavy atom. The summed E-state index contributed by atoms with van der Waals surface area (Å²) in [7, 11) is 0. The maximum absolute atomic E-state index is 11.7. The van der Waals surface area contributed by atoms with Gasteiger partial charge in [-0.3, -0.25) is 9.59 Å². The normalized spacial score (nSPS) is 12.7. The molecule has 24 heavy (non-hydrogen) atoms. The third-order valence-corrected chi connectivity index (χ3v) is 4.30. The van der Waals surface area contributed by atoms with E-state index in [4.69, 9.17) is 9.47 Å². The number of carbonyl (C=O) groups is 2. The van der Waals surface area contributed by atoms with Crippen molar-refractivity contribution in [3.05, 3.63) is 0 Å². The van der Waals surface area contributed by atoms with E-state index in [1.54, 1.807) is 0 Å². The SMILES string of the molecule is CCCCOC(=O)CCCCCCCCC(=O)OC(C)C(C)(C)C. The zero-order chi connectivity index (χ0) is 18.4. The number of hydrogen-bond acceptors (Lipinski definition) is 4. The summed E-state index contributed by atoms with van der Waals surface area (Å²) < 4.78 is 10.6. The monoisotopic (exact) mass is 342 g/mol. The Balaban J connectivity index is 3.45. The van der Waals surface area contributed by atoms with Gasteiger partial charge in [0.2, 0.25) is 0 Å². The molecular weight excluding hydrogens is 304 g/mol. The predicted octanol–water partition coefficient (Wildman–Crippen LogP) is 5.43. The maximum atomic E-state index is 11.7. The second kappa shape index (κ2) is 13.3. The van der Waals surface area contributed by atoms with Gasteiger partial charge in [-0.25, -0.2) is 0 Å². The minimum Gasteiger partial charge on any atom is -0.466 e. The molecule has 0 fully saturated rings. The van der Waals surface area contributed by atoms with E-state index in [1.807, 2.05) is 6.92 Å². The Kier molecular flexibility index (Phi) is 12.7. The number of hydrogen-bond donors (Lipinski definition) is 0. The quantitative estimate of drug-likeness (QED) is 0.331. The molecule has 0 aliphatic carbocycles. The molecule has 0 saturated heterocycles. The molecule has 0 aliphatic heterocycles. The molecule has 0 radical (unpaired) electrons. The highest BCUT2D eigenvalue weighted by Gasteiger charge is 2.23. The largest absolute Gasteiger partial charge is 0.466 e. The number of esters is 2. The molecule has 0 aromatic rings. The first-order valence-electron chi connectivity index (χ1n) is 9.62. The molecule has 0 aliphatic rings. The molecule has 0 aromatic carbocycles. The van der Waals surface area contributed by atoms with Crippen LogP contribution < -0.4 is 0 Å². The molecule has 0 spiro atoms. The number of ether oxygens (including phenoxy) is 2. The van der Waals surface area contributed by atoms with Gasteiger partial charge in [0.15, 0.2) is 0 Å². The fourth-order valence-corrected chi connectivity index (χ4v) is 2.08. The van der Waals surface area contributed by atoms with Gasteiger partial charge in [0.05, 0.1) is 6.61 Å². The Morgan fingerprint density at radius 2 is 1.33 bits per heavy atom. The summed E-state index contributed by atoms with van der Waals surface area (Å²) in [5.41, 5.74) is -0.00660. The van der Waals surface area contributed by atoms with Crippen molar-refractivity contribution in [3.8, 4) is 0 Å². The minimum absolute atomic E-state index is 0.00660. The van der Waals surface area contributed by atoms with Crippen LogP contribution in [0.25, 0.3) is 0 Å². The molecule has 4 nitrogen and oxygen atoms in total. The third kappa shape index (κ3) is 13.4. The number of carbonyl (C=O) groups excluding carboxylic acids is 2. The highest BCUT2D eigenvalue weighted by atomic mass is 16.5. The summed E-state index contributed by atoms with van der Waals surface area (Å²) in [4.78, 5) is 23.2. The molecule has 0 amide bonds. The number of rotatable bonds is 13. The van der Waals surface area contributed by atoms with Gasteiger partial charge in [-0.15, -0.1) is 0 Å². The second-order valence-corrected chi connectivity index (χ2v) is 7.69. The average molecular weight is 343 g/mol. The van der Waals surface area contributed by atoms with Gasteiger partial charge in [-0.2, -0.15) is 0 Å². The molecular formula is C20H38O4. The van der Waals surface area contributed by atoms with E-state index < -0.39 is 0 Å². The van der Waals surface area contributed by atoms with Crippen molar-refractivity contribution in [2.75, 3.05) is 6.61 Å². The first-order chi connectivity index (χ1) is 11.3. The molecule has 0 N–H and O–H groups in total. The lowest BCUT2D eigenvalue weighted by molar-refractivity contribution is -0.153. The van der Waals surface area contributed by atoms with Crippen molar-refractivity contribution in [3.63, 3.8) is 0 Å². The average Bonchev–Trinajstić information content (AvgIpc) is 2.49. The highest BCUT2D eigenvalue weighted by molar-refractivity contribution is 5.69. The van der Waals surface area contributed by atoms with Crippen LogP contribution in [0.15, 0.2) is 0 Å². The summed E-state index contributed by atoms with van der Waals surface area (Å²) in [6, 6.07) is 0. The highest BCUT2D eigenvalue weighted by Crippen LogP contribution is 2.22. The van der Waals surface area contributed by atoms with Gasteiger partial charge >= 0.3 is 11.9 Å². The Hall–Kier alpha value is -1.06. The lowest BCUT2D eigenvalue weighted by atomic mass is 9.90. The zero-order valence-corrected chi connectivity index (χ0v) is 16.5. The maximum Gasteiger partial charge on any atom is 0.306 e. The Labute approximate surface area is 148 Å². The minimum atomic E-state index is -0.0905. The molecule has 1 atom stereocenters. The van der Waals surface area contributed by atoms with Crippen LogP contribution in [0.1, 0.15) is 98.8 Å². The summed E-state index contributed by atoms with van der Waals surface area (Å²) in [6.07, 6.45) is 9.06. The summed E-state index contributed by atoms with van der Waals surface area (Å²) in [5.74, 6) is -0.161. The molecule has 0 heterocycles. The summed E-state index contributed by atoms with van der Waals surface area (Å²) >= 11 is 0. The van der Waals surface area contributed by atoms with E-state index in [9.17, 15) is 9.59 Å². The fourth-order valence-electron chi connectivity index (χ4n) is 2.08. The van der Waals surface area contributed by atoms with Gasteiger partial charge < -0.3 is 9.47 Å². The standard InChI is InChI=1S/C20H38O4/c1-6-7-16-23-18(21)14-12-10-8-9-11-13-15-19(22)24-17(2)20(3,4)5/h17H,6-16H2,1-5H3. The molecule has 0 aromatic heterocycles. The first kappa shape index (κ1) is 22.9. The van der Waals surface area contributed by atoms with Gasteiger partial charge in [-0.1, -0.05) is 59.8 Å². The molecule has 0 rings (SSSR count). The first-order valence-corrected chi connectivity index (χ1v) is 9.62. The van der Waals surface area contributed by atoms with Crippen LogP contribution in [0.5, 0.6) is 0 Å². The van der Waals surface area contributed by atoms with E-state index in [0.29, 0.717) is 19.4 Å². The zero-order valence-electron chi connectivity index (χ0n) is 16.5. The molecule has 0 bridgehead atoms. The van der Waals surface area contributed by atoms with E-state index in [-0.39, 0.29) is 23.5 Å². The topological polar surface area (TPSA) is 52.6 Å². The van der Waals surface area contributed by atoms with Crippen molar-refractivity contribution in [1.82, 2.24) is 0 Å². The Bertz CT molecular complexity index is 344. The predicted molar refractivity (Wildman–Crippen MR) is 97.8 cm³/mol. The van der Waals surface area contributed by atoms with Gasteiger partial charge in [0.1, 0.15) is 6.10 Å². The number of unbranched alkanes of at least 4 members (excludes halogenated alkanes) is 6. The lowest BCUT2D eigenvalue weighted by Crippen LogP contribution is -2.28. The fraction of sp³-hybridized carbons (Fsp3) is 0.900. The van der Waals surface area contributed by atoms with E-state index in [2.05, 4.69) is 27.7 Å². The van der Waals surface area contributed by atoms with Gasteiger partial charge in [0, 0.05) is 12.8 Å². The van der Waals surface area contributed by atoms with E-state index in [1.165, 1.54) is 0 Å². The van der Waals surface area contributed by atoms with Crippen molar-refractivity contribution in [2.45, 2.75) is 105 Å². The smallest absolute Gasteiger partial charge is 0.306 e. The molecule has 1 unspecified atom stereocenters. The summed E-state index contributed by atoms with van der Waals surface area (Å²) in [5, 5.41) is 0. The van der Waals surface area contributed by atoms with Crippen molar-refractivity contribution in [1.29, 1.82) is 0 Å². The van der Waals surface area contributed by atoms with Crippen molar-refractivity contribution in [2.24, 2.45) is 5.41 Å². The van der Waals surface area contributed by atoms with Crippen LogP contribution >= 0.6 is 0 Å². The lowest BCUT2D eigenvalue weighted by Gasteiger charge is -2.26. The molecule has 0 saturated carbocycles. The van der Waals surface area contributed by atoms with Crippen LogP contribution in [0, 0.1) is 5.41 Å². The van der Waals surface area contributed by atoms with Crippen LogP contribution in [0.4, 0.5) is 0 Å². The summed E-state index contributed by atoms with van der Waals surface area (Å²) in [6.45, 7) is 10.8. The van der Waals surface area contributed by atoms with E-state index >= 15 is 0 Å². The van der Waals surface area contributed by atoms with Crippen LogP contribution in [0.2, 0.25) is 0 Å². The van der Waals surface area contributed by atoms with Crippen LogP contribution in [-0.4, -0.2) is 24.6 Å². The Morgan fingerprint density at radius 3 is 1.83 bits per heavy atom. The van der Waals surface area contributed by atoms with Crippen molar-refractivity contribution >= 4 is 11.9 Å². The van der Waals surface area contributed by atoms with Gasteiger partial charge in [-0.05, 0) is 31.6 Å². The van der Waals surface area contributed by atoms with Crippen LogP contribution in [-0.2, 0) is 19.1 Å². The van der Waals surface area contributed by atoms with Crippen LogP contribution in [0.3, 0.4) is 0 Å². The van der Waals surface area contributed by atoms with E-state index in [0.717, 1.165) is 51.4 Å². The van der Waals surface area contributed by atoms with Crippen molar-refractivity contribution < 1.29 is 19.1 Å². The molecule has 4 heteroatoms. The second-order valence-electron chi connectivity index (χ2n) is 7.69.